The number of aromatic nitrogens is 2. The van der Waals surface area contributed by atoms with Gasteiger partial charge in [-0.1, -0.05) is 12.1 Å². The van der Waals surface area contributed by atoms with E-state index in [4.69, 9.17) is 0 Å². The standard InChI is InChI=1S/C19H20N4OS/c1-14-21-17-8-4-3-7-16(17)19(24)23(14)20-13-15-9-10-18(25-15)22-11-5-2-6-12-22/h3-4,7-10,13H,2,5-6,11-12H2,1H3/b20-13-. The van der Waals surface area contributed by atoms with Gasteiger partial charge in [0.15, 0.2) is 0 Å². The molecule has 1 aliphatic rings. The van der Waals surface area contributed by atoms with Crippen LogP contribution in [0.5, 0.6) is 0 Å². The molecule has 0 atom stereocenters. The minimum Gasteiger partial charge on any atom is -0.363 e. The molecule has 4 rings (SSSR count). The van der Waals surface area contributed by atoms with Crippen LogP contribution in [0.2, 0.25) is 0 Å². The number of hydrogen-bond donors (Lipinski definition) is 0. The Kier molecular flexibility index (Phi) is 4.36. The molecule has 3 heterocycles. The highest BCUT2D eigenvalue weighted by molar-refractivity contribution is 7.17. The second-order valence-corrected chi connectivity index (χ2v) is 7.36. The summed E-state index contributed by atoms with van der Waals surface area (Å²) < 4.78 is 1.38. The van der Waals surface area contributed by atoms with Crippen LogP contribution in [0.25, 0.3) is 10.9 Å². The van der Waals surface area contributed by atoms with Gasteiger partial charge >= 0.3 is 0 Å². The fourth-order valence-corrected chi connectivity index (χ4v) is 4.11. The second-order valence-electron chi connectivity index (χ2n) is 6.26. The van der Waals surface area contributed by atoms with Crippen LogP contribution in [-0.4, -0.2) is 29.0 Å². The number of para-hydroxylation sites is 1. The molecular formula is C19H20N4OS. The number of rotatable bonds is 3. The number of aryl methyl sites for hydroxylation is 1. The van der Waals surface area contributed by atoms with Gasteiger partial charge in [0, 0.05) is 18.0 Å². The molecule has 0 amide bonds. The number of anilines is 1. The molecule has 0 N–H and O–H groups in total. The van der Waals surface area contributed by atoms with Gasteiger partial charge in [0.05, 0.1) is 22.1 Å². The van der Waals surface area contributed by atoms with Crippen LogP contribution in [0.15, 0.2) is 46.3 Å². The molecule has 0 radical (unpaired) electrons. The lowest BCUT2D eigenvalue weighted by Gasteiger charge is -2.27. The Morgan fingerprint density at radius 3 is 2.76 bits per heavy atom. The number of fused-ring (bicyclic) bond motifs is 1. The average molecular weight is 352 g/mol. The maximum absolute atomic E-state index is 12.6. The molecule has 0 unspecified atom stereocenters. The zero-order chi connectivity index (χ0) is 17.2. The van der Waals surface area contributed by atoms with Crippen molar-refractivity contribution < 1.29 is 0 Å². The number of benzene rings is 1. The van der Waals surface area contributed by atoms with Gasteiger partial charge in [-0.2, -0.15) is 9.78 Å². The van der Waals surface area contributed by atoms with Gasteiger partial charge in [-0.25, -0.2) is 4.98 Å². The van der Waals surface area contributed by atoms with Gasteiger partial charge in [-0.3, -0.25) is 4.79 Å². The van der Waals surface area contributed by atoms with E-state index in [9.17, 15) is 4.79 Å². The molecule has 1 saturated heterocycles. The Labute approximate surface area is 150 Å². The summed E-state index contributed by atoms with van der Waals surface area (Å²) >= 11 is 1.71. The van der Waals surface area contributed by atoms with Gasteiger partial charge in [0.1, 0.15) is 5.82 Å². The zero-order valence-electron chi connectivity index (χ0n) is 14.2. The van der Waals surface area contributed by atoms with E-state index in [0.717, 1.165) is 18.0 Å². The van der Waals surface area contributed by atoms with Crippen LogP contribution in [0, 0.1) is 6.92 Å². The second kappa shape index (κ2) is 6.80. The van der Waals surface area contributed by atoms with Crippen LogP contribution in [-0.2, 0) is 0 Å². The summed E-state index contributed by atoms with van der Waals surface area (Å²) in [4.78, 5) is 20.6. The van der Waals surface area contributed by atoms with Gasteiger partial charge in [0.2, 0.25) is 0 Å². The number of thiophene rings is 1. The van der Waals surface area contributed by atoms with Crippen LogP contribution in [0.1, 0.15) is 30.0 Å². The van der Waals surface area contributed by atoms with E-state index in [1.807, 2.05) is 18.2 Å². The van der Waals surface area contributed by atoms with Crippen LogP contribution in [0.3, 0.4) is 0 Å². The molecule has 2 aromatic heterocycles. The summed E-state index contributed by atoms with van der Waals surface area (Å²) in [6.07, 6.45) is 5.60. The summed E-state index contributed by atoms with van der Waals surface area (Å²) in [5.74, 6) is 0.591. The first-order valence-corrected chi connectivity index (χ1v) is 9.41. The van der Waals surface area contributed by atoms with E-state index in [1.54, 1.807) is 30.5 Å². The lowest BCUT2D eigenvalue weighted by molar-refractivity contribution is 0.580. The Balaban J connectivity index is 1.63. The molecule has 0 aliphatic carbocycles. The van der Waals surface area contributed by atoms with Crippen LogP contribution < -0.4 is 10.5 Å². The number of piperidine rings is 1. The van der Waals surface area contributed by atoms with E-state index < -0.39 is 0 Å². The van der Waals surface area contributed by atoms with Crippen molar-refractivity contribution in [2.24, 2.45) is 5.10 Å². The Bertz CT molecular complexity index is 982. The molecule has 0 saturated carbocycles. The smallest absolute Gasteiger partial charge is 0.282 e. The van der Waals surface area contributed by atoms with Crippen molar-refractivity contribution in [1.82, 2.24) is 9.66 Å². The molecule has 6 heteroatoms. The van der Waals surface area contributed by atoms with Gasteiger partial charge in [-0.15, -0.1) is 11.3 Å². The van der Waals surface area contributed by atoms with Gasteiger partial charge < -0.3 is 4.90 Å². The van der Waals surface area contributed by atoms with Crippen molar-refractivity contribution in [2.45, 2.75) is 26.2 Å². The SMILES string of the molecule is Cc1nc2ccccc2c(=O)n1/N=C\c1ccc(N2CCCCC2)s1. The summed E-state index contributed by atoms with van der Waals surface area (Å²) in [6.45, 7) is 4.06. The Morgan fingerprint density at radius 2 is 1.92 bits per heavy atom. The lowest BCUT2D eigenvalue weighted by Crippen LogP contribution is -2.28. The van der Waals surface area contributed by atoms with E-state index in [2.05, 4.69) is 27.1 Å². The third-order valence-electron chi connectivity index (χ3n) is 4.50. The van der Waals surface area contributed by atoms with Crippen LogP contribution in [0.4, 0.5) is 5.00 Å². The molecule has 1 aromatic carbocycles. The highest BCUT2D eigenvalue weighted by atomic mass is 32.1. The third-order valence-corrected chi connectivity index (χ3v) is 5.58. The van der Waals surface area contributed by atoms with Gasteiger partial charge in [-0.05, 0) is 50.5 Å². The summed E-state index contributed by atoms with van der Waals surface area (Å²) in [5.41, 5.74) is 0.576. The Hall–Kier alpha value is -2.47. The largest absolute Gasteiger partial charge is 0.363 e. The van der Waals surface area contributed by atoms with Crippen molar-refractivity contribution in [3.8, 4) is 0 Å². The van der Waals surface area contributed by atoms with Crippen molar-refractivity contribution >= 4 is 33.5 Å². The maximum Gasteiger partial charge on any atom is 0.282 e. The van der Waals surface area contributed by atoms with Crippen molar-refractivity contribution in [1.29, 1.82) is 0 Å². The molecule has 5 nitrogen and oxygen atoms in total. The first-order chi connectivity index (χ1) is 12.2. The molecule has 3 aromatic rings. The molecule has 0 spiro atoms. The highest BCUT2D eigenvalue weighted by Gasteiger charge is 2.12. The molecule has 128 valence electrons. The molecule has 0 bridgehead atoms. The summed E-state index contributed by atoms with van der Waals surface area (Å²) in [5, 5.41) is 6.26. The van der Waals surface area contributed by atoms with E-state index in [-0.39, 0.29) is 5.56 Å². The summed E-state index contributed by atoms with van der Waals surface area (Å²) in [6, 6.07) is 11.6. The zero-order valence-corrected chi connectivity index (χ0v) is 15.0. The van der Waals surface area contributed by atoms with Crippen molar-refractivity contribution in [3.63, 3.8) is 0 Å². The predicted octanol–water partition coefficient (Wildman–Crippen LogP) is 3.64. The first-order valence-electron chi connectivity index (χ1n) is 8.60. The fraction of sp³-hybridized carbons (Fsp3) is 0.316. The lowest BCUT2D eigenvalue weighted by atomic mass is 10.1. The molecular weight excluding hydrogens is 332 g/mol. The topological polar surface area (TPSA) is 50.5 Å². The molecule has 1 aliphatic heterocycles. The number of hydrogen-bond acceptors (Lipinski definition) is 5. The first kappa shape index (κ1) is 16.0. The van der Waals surface area contributed by atoms with E-state index >= 15 is 0 Å². The predicted molar refractivity (Wildman–Crippen MR) is 104 cm³/mol. The van der Waals surface area contributed by atoms with E-state index in [0.29, 0.717) is 16.7 Å². The highest BCUT2D eigenvalue weighted by Crippen LogP contribution is 2.27. The normalized spacial score (nSPS) is 15.3. The van der Waals surface area contributed by atoms with E-state index in [1.165, 1.54) is 28.9 Å². The van der Waals surface area contributed by atoms with Crippen LogP contribution >= 0.6 is 11.3 Å². The average Bonchev–Trinajstić information content (AvgIpc) is 3.11. The maximum atomic E-state index is 12.6. The monoisotopic (exact) mass is 352 g/mol. The minimum absolute atomic E-state index is 0.132. The van der Waals surface area contributed by atoms with Gasteiger partial charge in [0.25, 0.3) is 5.56 Å². The third kappa shape index (κ3) is 3.22. The minimum atomic E-state index is -0.132. The molecule has 1 fully saturated rings. The Morgan fingerprint density at radius 1 is 1.12 bits per heavy atom. The molecule has 25 heavy (non-hydrogen) atoms. The quantitative estimate of drug-likeness (QED) is 0.676. The fourth-order valence-electron chi connectivity index (χ4n) is 3.18. The number of nitrogens with zero attached hydrogens (tertiary/aromatic N) is 4. The summed E-state index contributed by atoms with van der Waals surface area (Å²) in [7, 11) is 0. The van der Waals surface area contributed by atoms with Crippen molar-refractivity contribution in [3.05, 3.63) is 57.5 Å². The van der Waals surface area contributed by atoms with Crippen molar-refractivity contribution in [2.75, 3.05) is 18.0 Å².